The molecule has 12 heavy (non-hydrogen) atoms. The summed E-state index contributed by atoms with van der Waals surface area (Å²) >= 11 is 0.913. The Bertz CT molecular complexity index is 318. The van der Waals surface area contributed by atoms with Crippen LogP contribution in [0.5, 0.6) is 0 Å². The Morgan fingerprint density at radius 1 is 1.67 bits per heavy atom. The van der Waals surface area contributed by atoms with Crippen molar-refractivity contribution in [2.24, 2.45) is 0 Å². The largest absolute Gasteiger partial charge is 0.477 e. The fourth-order valence-electron chi connectivity index (χ4n) is 0.653. The number of aromatic nitrogens is 1. The standard InChI is InChI=1S/C7H7NO3S/c1-2-4(9)6-8-3-5(12-6)7(10)11/h3H,2H2,1H3,(H,10,11). The Morgan fingerprint density at radius 2 is 2.33 bits per heavy atom. The number of hydrogen-bond donors (Lipinski definition) is 1. The zero-order chi connectivity index (χ0) is 9.14. The molecular weight excluding hydrogens is 178 g/mol. The lowest BCUT2D eigenvalue weighted by molar-refractivity contribution is 0.0701. The van der Waals surface area contributed by atoms with Crippen LogP contribution in [0.2, 0.25) is 0 Å². The lowest BCUT2D eigenvalue weighted by atomic mass is 10.3. The number of carboxylic acid groups (broad SMARTS) is 1. The Kier molecular flexibility index (Phi) is 2.54. The van der Waals surface area contributed by atoms with E-state index in [2.05, 4.69) is 4.98 Å². The van der Waals surface area contributed by atoms with Crippen molar-refractivity contribution in [2.45, 2.75) is 13.3 Å². The van der Waals surface area contributed by atoms with Gasteiger partial charge >= 0.3 is 5.97 Å². The normalized spacial score (nSPS) is 9.75. The minimum absolute atomic E-state index is 0.104. The van der Waals surface area contributed by atoms with Crippen molar-refractivity contribution in [3.8, 4) is 0 Å². The second kappa shape index (κ2) is 3.44. The minimum Gasteiger partial charge on any atom is -0.477 e. The van der Waals surface area contributed by atoms with Gasteiger partial charge in [-0.3, -0.25) is 4.79 Å². The molecule has 0 aromatic carbocycles. The van der Waals surface area contributed by atoms with Crippen LogP contribution in [0.15, 0.2) is 6.20 Å². The fourth-order valence-corrected chi connectivity index (χ4v) is 1.42. The average Bonchev–Trinajstić information content (AvgIpc) is 2.51. The Hall–Kier alpha value is -1.23. The maximum atomic E-state index is 11.0. The van der Waals surface area contributed by atoms with Gasteiger partial charge in [0.05, 0.1) is 6.20 Å². The van der Waals surface area contributed by atoms with Crippen LogP contribution in [-0.4, -0.2) is 21.8 Å². The van der Waals surface area contributed by atoms with E-state index >= 15 is 0 Å². The highest BCUT2D eigenvalue weighted by molar-refractivity contribution is 7.15. The maximum absolute atomic E-state index is 11.0. The SMILES string of the molecule is CCC(=O)c1ncc(C(=O)O)s1. The second-order valence-electron chi connectivity index (χ2n) is 2.11. The molecule has 0 radical (unpaired) electrons. The molecule has 1 aromatic heterocycles. The first-order valence-electron chi connectivity index (χ1n) is 3.37. The van der Waals surface area contributed by atoms with E-state index in [-0.39, 0.29) is 15.7 Å². The topological polar surface area (TPSA) is 67.3 Å². The van der Waals surface area contributed by atoms with E-state index in [1.165, 1.54) is 6.20 Å². The highest BCUT2D eigenvalue weighted by Gasteiger charge is 2.12. The summed E-state index contributed by atoms with van der Waals surface area (Å²) in [5.41, 5.74) is 0. The van der Waals surface area contributed by atoms with E-state index in [1.54, 1.807) is 6.92 Å². The quantitative estimate of drug-likeness (QED) is 0.723. The second-order valence-corrected chi connectivity index (χ2v) is 3.14. The summed E-state index contributed by atoms with van der Waals surface area (Å²) in [4.78, 5) is 25.2. The fraction of sp³-hybridized carbons (Fsp3) is 0.286. The van der Waals surface area contributed by atoms with Crippen molar-refractivity contribution < 1.29 is 14.7 Å². The van der Waals surface area contributed by atoms with Crippen LogP contribution >= 0.6 is 11.3 Å². The van der Waals surface area contributed by atoms with E-state index in [4.69, 9.17) is 5.11 Å². The average molecular weight is 185 g/mol. The number of nitrogens with zero attached hydrogens (tertiary/aromatic N) is 1. The lowest BCUT2D eigenvalue weighted by Gasteiger charge is -1.86. The van der Waals surface area contributed by atoms with Crippen LogP contribution in [0.1, 0.15) is 32.8 Å². The van der Waals surface area contributed by atoms with Crippen LogP contribution in [0.25, 0.3) is 0 Å². The summed E-state index contributed by atoms with van der Waals surface area (Å²) < 4.78 is 0. The van der Waals surface area contributed by atoms with Gasteiger partial charge in [-0.2, -0.15) is 0 Å². The van der Waals surface area contributed by atoms with Gasteiger partial charge in [-0.1, -0.05) is 6.92 Å². The summed E-state index contributed by atoms with van der Waals surface area (Å²) in [6.45, 7) is 1.71. The van der Waals surface area contributed by atoms with Crippen molar-refractivity contribution >= 4 is 23.1 Å². The van der Waals surface area contributed by atoms with E-state index in [0.717, 1.165) is 11.3 Å². The number of thiazole rings is 1. The first-order valence-corrected chi connectivity index (χ1v) is 4.19. The van der Waals surface area contributed by atoms with Crippen LogP contribution in [0.4, 0.5) is 0 Å². The van der Waals surface area contributed by atoms with E-state index in [9.17, 15) is 9.59 Å². The van der Waals surface area contributed by atoms with Crippen molar-refractivity contribution in [3.63, 3.8) is 0 Å². The number of carbonyl (C=O) groups is 2. The molecule has 4 nitrogen and oxygen atoms in total. The summed E-state index contributed by atoms with van der Waals surface area (Å²) in [5, 5.41) is 8.78. The smallest absolute Gasteiger partial charge is 0.347 e. The third kappa shape index (κ3) is 1.68. The predicted molar refractivity (Wildman–Crippen MR) is 43.7 cm³/mol. The van der Waals surface area contributed by atoms with E-state index in [1.807, 2.05) is 0 Å². The highest BCUT2D eigenvalue weighted by Crippen LogP contribution is 2.14. The molecule has 64 valence electrons. The number of ketones is 1. The molecule has 0 amide bonds. The number of hydrogen-bond acceptors (Lipinski definition) is 4. The number of aromatic carboxylic acids is 1. The maximum Gasteiger partial charge on any atom is 0.347 e. The van der Waals surface area contributed by atoms with Crippen molar-refractivity contribution in [2.75, 3.05) is 0 Å². The highest BCUT2D eigenvalue weighted by atomic mass is 32.1. The predicted octanol–water partition coefficient (Wildman–Crippen LogP) is 1.43. The molecule has 0 saturated heterocycles. The van der Waals surface area contributed by atoms with Gasteiger partial charge in [0.2, 0.25) is 0 Å². The molecule has 0 fully saturated rings. The van der Waals surface area contributed by atoms with Crippen molar-refractivity contribution in [1.82, 2.24) is 4.98 Å². The molecule has 0 aliphatic carbocycles. The molecule has 0 bridgehead atoms. The van der Waals surface area contributed by atoms with Gasteiger partial charge in [0, 0.05) is 6.42 Å². The van der Waals surface area contributed by atoms with E-state index < -0.39 is 5.97 Å². The molecule has 0 saturated carbocycles. The summed E-state index contributed by atoms with van der Waals surface area (Å²) in [5.74, 6) is -1.16. The Labute approximate surface area is 72.9 Å². The van der Waals surface area contributed by atoms with Crippen LogP contribution < -0.4 is 0 Å². The third-order valence-electron chi connectivity index (χ3n) is 1.28. The molecule has 1 aromatic rings. The molecular formula is C7H7NO3S. The molecule has 0 aliphatic heterocycles. The molecule has 5 heteroatoms. The van der Waals surface area contributed by atoms with Crippen molar-refractivity contribution in [1.29, 1.82) is 0 Å². The minimum atomic E-state index is -1.04. The Morgan fingerprint density at radius 3 is 2.75 bits per heavy atom. The molecule has 0 aliphatic rings. The van der Waals surface area contributed by atoms with Gasteiger partial charge in [0.25, 0.3) is 0 Å². The zero-order valence-corrected chi connectivity index (χ0v) is 7.22. The van der Waals surface area contributed by atoms with E-state index in [0.29, 0.717) is 6.42 Å². The molecule has 1 heterocycles. The first kappa shape index (κ1) is 8.86. The van der Waals surface area contributed by atoms with Gasteiger partial charge < -0.3 is 5.11 Å². The number of carboxylic acids is 1. The van der Waals surface area contributed by atoms with Crippen LogP contribution in [-0.2, 0) is 0 Å². The van der Waals surface area contributed by atoms with Gasteiger partial charge in [-0.15, -0.1) is 11.3 Å². The molecule has 0 spiro atoms. The number of carbonyl (C=O) groups excluding carboxylic acids is 1. The molecule has 0 atom stereocenters. The number of Topliss-reactive ketones (excluding diaryl/α,β-unsaturated/α-hetero) is 1. The van der Waals surface area contributed by atoms with Crippen molar-refractivity contribution in [3.05, 3.63) is 16.1 Å². The molecule has 0 unspecified atom stereocenters. The van der Waals surface area contributed by atoms with Gasteiger partial charge in [0.1, 0.15) is 4.88 Å². The summed E-state index contributed by atoms with van der Waals surface area (Å²) in [7, 11) is 0. The lowest BCUT2D eigenvalue weighted by Crippen LogP contribution is -1.93. The monoisotopic (exact) mass is 185 g/mol. The van der Waals surface area contributed by atoms with Gasteiger partial charge in [-0.05, 0) is 0 Å². The van der Waals surface area contributed by atoms with Gasteiger partial charge in [-0.25, -0.2) is 9.78 Å². The van der Waals surface area contributed by atoms with Crippen LogP contribution in [0, 0.1) is 0 Å². The van der Waals surface area contributed by atoms with Gasteiger partial charge in [0.15, 0.2) is 10.8 Å². The molecule has 1 rings (SSSR count). The number of rotatable bonds is 3. The first-order chi connectivity index (χ1) is 5.65. The van der Waals surface area contributed by atoms with Crippen LogP contribution in [0.3, 0.4) is 0 Å². The third-order valence-corrected chi connectivity index (χ3v) is 2.30. The summed E-state index contributed by atoms with van der Waals surface area (Å²) in [6, 6.07) is 0. The summed E-state index contributed by atoms with van der Waals surface area (Å²) in [6.07, 6.45) is 1.56. The zero-order valence-electron chi connectivity index (χ0n) is 6.40. The Balaban J connectivity index is 2.91. The molecule has 1 N–H and O–H groups in total.